The maximum atomic E-state index is 12.4. The summed E-state index contributed by atoms with van der Waals surface area (Å²) in [4.78, 5) is 16.4. The molecule has 4 nitrogen and oxygen atoms in total. The van der Waals surface area contributed by atoms with Crippen LogP contribution in [0.1, 0.15) is 17.5 Å². The Bertz CT molecular complexity index is 452. The minimum Gasteiger partial charge on any atom is -0.358 e. The highest BCUT2D eigenvalue weighted by Gasteiger charge is 2.31. The van der Waals surface area contributed by atoms with Crippen molar-refractivity contribution >= 4 is 11.6 Å². The molecule has 19 heavy (non-hydrogen) atoms. The lowest BCUT2D eigenvalue weighted by Gasteiger charge is -2.33. The van der Waals surface area contributed by atoms with Gasteiger partial charge in [-0.1, -0.05) is 18.2 Å². The second-order valence-electron chi connectivity index (χ2n) is 5.30. The fraction of sp³-hybridized carbons (Fsp3) is 0.533. The van der Waals surface area contributed by atoms with Gasteiger partial charge >= 0.3 is 0 Å². The van der Waals surface area contributed by atoms with Crippen LogP contribution in [0.25, 0.3) is 0 Å². The van der Waals surface area contributed by atoms with Crippen LogP contribution in [-0.2, 0) is 4.79 Å². The lowest BCUT2D eigenvalue weighted by molar-refractivity contribution is -0.130. The second kappa shape index (κ2) is 5.61. The van der Waals surface area contributed by atoms with E-state index in [1.54, 1.807) is 4.90 Å². The smallest absolute Gasteiger partial charge is 0.246 e. The number of para-hydroxylation sites is 1. The summed E-state index contributed by atoms with van der Waals surface area (Å²) in [6.45, 7) is 6.22. The SMILES string of the molecule is Cc1cccc(C)c1N1CCCN(C)C(=O)C1CN. The van der Waals surface area contributed by atoms with Crippen LogP contribution in [0.4, 0.5) is 5.69 Å². The molecule has 1 fully saturated rings. The maximum Gasteiger partial charge on any atom is 0.246 e. The van der Waals surface area contributed by atoms with Crippen molar-refractivity contribution in [3.05, 3.63) is 29.3 Å². The maximum absolute atomic E-state index is 12.4. The van der Waals surface area contributed by atoms with Gasteiger partial charge < -0.3 is 15.5 Å². The summed E-state index contributed by atoms with van der Waals surface area (Å²) in [6.07, 6.45) is 0.979. The predicted octanol–water partition coefficient (Wildman–Crippen LogP) is 1.30. The average molecular weight is 261 g/mol. The summed E-state index contributed by atoms with van der Waals surface area (Å²) >= 11 is 0. The Morgan fingerprint density at radius 3 is 2.47 bits per heavy atom. The summed E-state index contributed by atoms with van der Waals surface area (Å²) in [6, 6.07) is 5.99. The van der Waals surface area contributed by atoms with Gasteiger partial charge in [0.2, 0.25) is 5.91 Å². The molecule has 1 amide bonds. The van der Waals surface area contributed by atoms with Crippen LogP contribution in [0.15, 0.2) is 18.2 Å². The molecule has 1 atom stereocenters. The molecule has 1 aliphatic rings. The summed E-state index contributed by atoms with van der Waals surface area (Å²) in [7, 11) is 1.86. The lowest BCUT2D eigenvalue weighted by Crippen LogP contribution is -2.49. The molecule has 0 aromatic heterocycles. The van der Waals surface area contributed by atoms with Crippen LogP contribution < -0.4 is 10.6 Å². The highest BCUT2D eigenvalue weighted by Crippen LogP contribution is 2.28. The number of benzene rings is 1. The van der Waals surface area contributed by atoms with E-state index in [0.717, 1.165) is 19.5 Å². The lowest BCUT2D eigenvalue weighted by atomic mass is 10.1. The molecule has 1 aromatic carbocycles. The minimum atomic E-state index is -0.243. The number of nitrogens with zero attached hydrogens (tertiary/aromatic N) is 2. The summed E-state index contributed by atoms with van der Waals surface area (Å²) in [5, 5.41) is 0. The van der Waals surface area contributed by atoms with Gasteiger partial charge in [0.1, 0.15) is 6.04 Å². The van der Waals surface area contributed by atoms with Gasteiger partial charge in [0.25, 0.3) is 0 Å². The molecular formula is C15H23N3O. The third-order valence-corrected chi connectivity index (χ3v) is 3.88. The van der Waals surface area contributed by atoms with E-state index >= 15 is 0 Å². The van der Waals surface area contributed by atoms with E-state index in [1.165, 1.54) is 16.8 Å². The van der Waals surface area contributed by atoms with Crippen molar-refractivity contribution in [1.29, 1.82) is 0 Å². The van der Waals surface area contributed by atoms with E-state index < -0.39 is 0 Å². The average Bonchev–Trinajstić information content (AvgIpc) is 2.50. The third kappa shape index (κ3) is 2.59. The number of likely N-dealkylation sites (N-methyl/N-ethyl adjacent to an activating group) is 1. The largest absolute Gasteiger partial charge is 0.358 e. The predicted molar refractivity (Wildman–Crippen MR) is 78.4 cm³/mol. The van der Waals surface area contributed by atoms with Crippen LogP contribution >= 0.6 is 0 Å². The zero-order valence-corrected chi connectivity index (χ0v) is 12.0. The molecule has 2 rings (SSSR count). The summed E-state index contributed by atoms with van der Waals surface area (Å²) in [5.74, 6) is 0.127. The number of hydrogen-bond donors (Lipinski definition) is 1. The van der Waals surface area contributed by atoms with Gasteiger partial charge in [-0.25, -0.2) is 0 Å². The van der Waals surface area contributed by atoms with Crippen LogP contribution in [-0.4, -0.2) is 43.5 Å². The normalized spacial score (nSPS) is 20.6. The molecule has 1 unspecified atom stereocenters. The van der Waals surface area contributed by atoms with Crippen molar-refractivity contribution in [2.24, 2.45) is 5.73 Å². The van der Waals surface area contributed by atoms with Gasteiger partial charge in [-0.05, 0) is 31.4 Å². The Morgan fingerprint density at radius 2 is 1.89 bits per heavy atom. The number of rotatable bonds is 2. The van der Waals surface area contributed by atoms with E-state index in [1.807, 2.05) is 7.05 Å². The zero-order chi connectivity index (χ0) is 14.0. The number of nitrogens with two attached hydrogens (primary N) is 1. The molecule has 0 saturated carbocycles. The molecule has 2 N–H and O–H groups in total. The molecule has 0 spiro atoms. The molecule has 1 aliphatic heterocycles. The van der Waals surface area contributed by atoms with Crippen LogP contribution in [0.3, 0.4) is 0 Å². The first kappa shape index (κ1) is 13.9. The van der Waals surface area contributed by atoms with E-state index in [0.29, 0.717) is 6.54 Å². The molecule has 104 valence electrons. The van der Waals surface area contributed by atoms with Crippen molar-refractivity contribution in [1.82, 2.24) is 4.90 Å². The van der Waals surface area contributed by atoms with Crippen molar-refractivity contribution in [3.63, 3.8) is 0 Å². The van der Waals surface area contributed by atoms with Crippen LogP contribution in [0.5, 0.6) is 0 Å². The fourth-order valence-electron chi connectivity index (χ4n) is 2.89. The molecule has 1 saturated heterocycles. The van der Waals surface area contributed by atoms with E-state index in [4.69, 9.17) is 5.73 Å². The van der Waals surface area contributed by atoms with Crippen molar-refractivity contribution in [2.75, 3.05) is 31.6 Å². The van der Waals surface area contributed by atoms with Gasteiger partial charge in [-0.15, -0.1) is 0 Å². The molecule has 4 heteroatoms. The van der Waals surface area contributed by atoms with Crippen molar-refractivity contribution in [2.45, 2.75) is 26.3 Å². The highest BCUT2D eigenvalue weighted by molar-refractivity contribution is 5.86. The molecular weight excluding hydrogens is 238 g/mol. The van der Waals surface area contributed by atoms with Gasteiger partial charge in [0, 0.05) is 32.4 Å². The van der Waals surface area contributed by atoms with Crippen LogP contribution in [0.2, 0.25) is 0 Å². The van der Waals surface area contributed by atoms with Gasteiger partial charge in [0.15, 0.2) is 0 Å². The Balaban J connectivity index is 2.43. The van der Waals surface area contributed by atoms with Gasteiger partial charge in [0.05, 0.1) is 0 Å². The first-order valence-electron chi connectivity index (χ1n) is 6.84. The number of carbonyl (C=O) groups is 1. The Kier molecular flexibility index (Phi) is 4.10. The Hall–Kier alpha value is -1.55. The highest BCUT2D eigenvalue weighted by atomic mass is 16.2. The first-order valence-corrected chi connectivity index (χ1v) is 6.84. The first-order chi connectivity index (χ1) is 9.06. The Morgan fingerprint density at radius 1 is 1.26 bits per heavy atom. The van der Waals surface area contributed by atoms with E-state index in [-0.39, 0.29) is 11.9 Å². The minimum absolute atomic E-state index is 0.127. The number of amides is 1. The monoisotopic (exact) mass is 261 g/mol. The summed E-state index contributed by atoms with van der Waals surface area (Å²) in [5.41, 5.74) is 9.44. The fourth-order valence-corrected chi connectivity index (χ4v) is 2.89. The quantitative estimate of drug-likeness (QED) is 0.873. The van der Waals surface area contributed by atoms with Crippen LogP contribution in [0, 0.1) is 13.8 Å². The standard InChI is InChI=1S/C15H23N3O/c1-11-6-4-7-12(2)14(11)18-9-5-8-17(3)15(19)13(18)10-16/h4,6-7,13H,5,8-10,16H2,1-3H3. The topological polar surface area (TPSA) is 49.6 Å². The number of anilines is 1. The van der Waals surface area contributed by atoms with Gasteiger partial charge in [-0.3, -0.25) is 4.79 Å². The molecule has 0 radical (unpaired) electrons. The summed E-state index contributed by atoms with van der Waals surface area (Å²) < 4.78 is 0. The zero-order valence-electron chi connectivity index (χ0n) is 12.0. The number of carbonyl (C=O) groups excluding carboxylic acids is 1. The second-order valence-corrected chi connectivity index (χ2v) is 5.30. The van der Waals surface area contributed by atoms with E-state index in [9.17, 15) is 4.79 Å². The van der Waals surface area contributed by atoms with Gasteiger partial charge in [-0.2, -0.15) is 0 Å². The number of hydrogen-bond acceptors (Lipinski definition) is 3. The third-order valence-electron chi connectivity index (χ3n) is 3.88. The number of aryl methyl sites for hydroxylation is 2. The molecule has 1 heterocycles. The molecule has 0 aliphatic carbocycles. The molecule has 1 aromatic rings. The van der Waals surface area contributed by atoms with Crippen molar-refractivity contribution < 1.29 is 4.79 Å². The Labute approximate surface area is 115 Å². The molecule has 0 bridgehead atoms. The van der Waals surface area contributed by atoms with Crippen molar-refractivity contribution in [3.8, 4) is 0 Å². The van der Waals surface area contributed by atoms with E-state index in [2.05, 4.69) is 36.9 Å².